The SMILES string of the molecule is C=C(CC)C(c1ccccc1)N1CCN(c2ccc(NC=O)cc2)CC1.Cc1ccccc1-c1cccs1. The first-order chi connectivity index (χ1) is 18.6. The van der Waals surface area contributed by atoms with E-state index in [4.69, 9.17) is 0 Å². The third-order valence-electron chi connectivity index (χ3n) is 7.03. The van der Waals surface area contributed by atoms with Crippen LogP contribution in [0.25, 0.3) is 10.4 Å². The molecule has 1 aliphatic heterocycles. The molecule has 0 saturated carbocycles. The Bertz CT molecular complexity index is 1280. The largest absolute Gasteiger partial charge is 0.369 e. The summed E-state index contributed by atoms with van der Waals surface area (Å²) in [5.41, 5.74) is 7.33. The van der Waals surface area contributed by atoms with Gasteiger partial charge in [0, 0.05) is 42.4 Å². The first-order valence-corrected chi connectivity index (χ1v) is 14.1. The molecule has 5 rings (SSSR count). The van der Waals surface area contributed by atoms with Gasteiger partial charge in [-0.25, -0.2) is 0 Å². The molecule has 1 unspecified atom stereocenters. The molecule has 0 aliphatic carbocycles. The summed E-state index contributed by atoms with van der Waals surface area (Å²) in [6.45, 7) is 12.7. The van der Waals surface area contributed by atoms with Crippen LogP contribution in [0.2, 0.25) is 0 Å². The van der Waals surface area contributed by atoms with Crippen molar-refractivity contribution in [2.45, 2.75) is 26.3 Å². The molecule has 196 valence electrons. The summed E-state index contributed by atoms with van der Waals surface area (Å²) in [7, 11) is 0. The highest BCUT2D eigenvalue weighted by Crippen LogP contribution is 2.31. The van der Waals surface area contributed by atoms with Crippen LogP contribution in [0.5, 0.6) is 0 Å². The van der Waals surface area contributed by atoms with Gasteiger partial charge >= 0.3 is 0 Å². The quantitative estimate of drug-likeness (QED) is 0.189. The second-order valence-corrected chi connectivity index (χ2v) is 10.4. The lowest BCUT2D eigenvalue weighted by Gasteiger charge is -2.41. The summed E-state index contributed by atoms with van der Waals surface area (Å²) in [6, 6.07) is 31.7. The van der Waals surface area contributed by atoms with Crippen molar-refractivity contribution in [1.82, 2.24) is 4.90 Å². The van der Waals surface area contributed by atoms with E-state index in [9.17, 15) is 4.79 Å². The minimum Gasteiger partial charge on any atom is -0.369 e. The number of anilines is 2. The van der Waals surface area contributed by atoms with E-state index in [1.165, 1.54) is 32.8 Å². The summed E-state index contributed by atoms with van der Waals surface area (Å²) >= 11 is 1.79. The van der Waals surface area contributed by atoms with Crippen molar-refractivity contribution in [2.24, 2.45) is 0 Å². The van der Waals surface area contributed by atoms with E-state index in [2.05, 4.69) is 120 Å². The van der Waals surface area contributed by atoms with Gasteiger partial charge in [0.05, 0.1) is 6.04 Å². The number of hydrogen-bond acceptors (Lipinski definition) is 4. The summed E-state index contributed by atoms with van der Waals surface area (Å²) in [6.07, 6.45) is 1.70. The minimum atomic E-state index is 0.294. The zero-order valence-corrected chi connectivity index (χ0v) is 23.2. The van der Waals surface area contributed by atoms with Crippen LogP contribution in [0.15, 0.2) is 109 Å². The molecule has 5 heteroatoms. The van der Waals surface area contributed by atoms with Crippen LogP contribution in [0.4, 0.5) is 11.4 Å². The standard InChI is InChI=1S/C22H27N3O.C11H10S/c1-3-18(2)22(19-7-5-4-6-8-19)25-15-13-24(14-16-25)21-11-9-20(10-12-21)23-17-26;1-9-5-2-3-6-10(9)11-7-4-8-12-11/h4-12,17,22H,2-3,13-16H2,1H3,(H,23,26);2-8H,1H3. The Morgan fingerprint density at radius 1 is 0.921 bits per heavy atom. The van der Waals surface area contributed by atoms with Crippen LogP contribution in [-0.4, -0.2) is 37.5 Å². The molecule has 2 heterocycles. The highest BCUT2D eigenvalue weighted by atomic mass is 32.1. The third kappa shape index (κ3) is 7.00. The molecule has 0 bridgehead atoms. The van der Waals surface area contributed by atoms with Crippen LogP contribution >= 0.6 is 11.3 Å². The average molecular weight is 524 g/mol. The van der Waals surface area contributed by atoms with E-state index in [0.717, 1.165) is 38.3 Å². The lowest BCUT2D eigenvalue weighted by molar-refractivity contribution is -0.105. The van der Waals surface area contributed by atoms with Gasteiger partial charge in [0.1, 0.15) is 0 Å². The average Bonchev–Trinajstić information content (AvgIpc) is 3.50. The molecule has 4 nitrogen and oxygen atoms in total. The number of piperazine rings is 1. The van der Waals surface area contributed by atoms with Crippen LogP contribution in [-0.2, 0) is 4.79 Å². The zero-order chi connectivity index (χ0) is 26.7. The Morgan fingerprint density at radius 2 is 1.61 bits per heavy atom. The number of nitrogens with one attached hydrogen (secondary N) is 1. The van der Waals surface area contributed by atoms with Gasteiger partial charge in [-0.1, -0.05) is 79.7 Å². The Kier molecular flexibility index (Phi) is 9.90. The number of thiophene rings is 1. The van der Waals surface area contributed by atoms with Gasteiger partial charge in [-0.3, -0.25) is 9.69 Å². The van der Waals surface area contributed by atoms with Crippen molar-refractivity contribution in [3.8, 4) is 10.4 Å². The molecule has 3 aromatic carbocycles. The number of amides is 1. The van der Waals surface area contributed by atoms with Crippen molar-refractivity contribution >= 4 is 29.1 Å². The van der Waals surface area contributed by atoms with Crippen molar-refractivity contribution in [3.63, 3.8) is 0 Å². The number of rotatable bonds is 8. The Morgan fingerprint density at radius 3 is 2.21 bits per heavy atom. The molecule has 0 spiro atoms. The number of carbonyl (C=O) groups is 1. The molecule has 1 saturated heterocycles. The normalized spacial score (nSPS) is 14.2. The van der Waals surface area contributed by atoms with E-state index >= 15 is 0 Å². The maximum atomic E-state index is 10.5. The van der Waals surface area contributed by atoms with E-state index < -0.39 is 0 Å². The molecule has 1 atom stereocenters. The van der Waals surface area contributed by atoms with Crippen molar-refractivity contribution in [1.29, 1.82) is 0 Å². The molecular weight excluding hydrogens is 486 g/mol. The van der Waals surface area contributed by atoms with Crippen molar-refractivity contribution in [3.05, 3.63) is 120 Å². The number of hydrogen-bond donors (Lipinski definition) is 1. The lowest BCUT2D eigenvalue weighted by atomic mass is 9.95. The molecule has 1 aliphatic rings. The summed E-state index contributed by atoms with van der Waals surface area (Å²) in [4.78, 5) is 16.8. The van der Waals surface area contributed by atoms with Crippen LogP contribution < -0.4 is 10.2 Å². The second-order valence-electron chi connectivity index (χ2n) is 9.45. The molecular formula is C33H37N3OS. The predicted molar refractivity (Wildman–Crippen MR) is 163 cm³/mol. The van der Waals surface area contributed by atoms with E-state index in [0.29, 0.717) is 12.5 Å². The van der Waals surface area contributed by atoms with Gasteiger partial charge in [0.25, 0.3) is 0 Å². The van der Waals surface area contributed by atoms with Crippen LogP contribution in [0.1, 0.15) is 30.5 Å². The van der Waals surface area contributed by atoms with Gasteiger partial charge < -0.3 is 10.2 Å². The molecule has 0 radical (unpaired) electrons. The second kappa shape index (κ2) is 13.8. The first-order valence-electron chi connectivity index (χ1n) is 13.2. The van der Waals surface area contributed by atoms with Gasteiger partial charge in [-0.2, -0.15) is 0 Å². The summed E-state index contributed by atoms with van der Waals surface area (Å²) in [5.74, 6) is 0. The van der Waals surface area contributed by atoms with E-state index in [1.807, 2.05) is 12.1 Å². The molecule has 1 aromatic heterocycles. The first kappa shape index (κ1) is 27.4. The topological polar surface area (TPSA) is 35.6 Å². The van der Waals surface area contributed by atoms with Crippen molar-refractivity contribution < 1.29 is 4.79 Å². The molecule has 1 fully saturated rings. The highest BCUT2D eigenvalue weighted by Gasteiger charge is 2.26. The Labute approximate surface area is 231 Å². The fourth-order valence-electron chi connectivity index (χ4n) is 4.89. The van der Waals surface area contributed by atoms with Gasteiger partial charge in [-0.05, 0) is 65.7 Å². The summed E-state index contributed by atoms with van der Waals surface area (Å²) in [5, 5.41) is 4.79. The van der Waals surface area contributed by atoms with Crippen LogP contribution in [0.3, 0.4) is 0 Å². The van der Waals surface area contributed by atoms with Gasteiger partial charge in [-0.15, -0.1) is 11.3 Å². The third-order valence-corrected chi connectivity index (χ3v) is 7.93. The molecule has 4 aromatic rings. The molecule has 1 amide bonds. The van der Waals surface area contributed by atoms with Crippen LogP contribution in [0, 0.1) is 6.92 Å². The maximum Gasteiger partial charge on any atom is 0.211 e. The highest BCUT2D eigenvalue weighted by molar-refractivity contribution is 7.13. The number of carbonyl (C=O) groups excluding carboxylic acids is 1. The van der Waals surface area contributed by atoms with Gasteiger partial charge in [0.2, 0.25) is 6.41 Å². The number of nitrogens with zero attached hydrogens (tertiary/aromatic N) is 2. The van der Waals surface area contributed by atoms with E-state index in [-0.39, 0.29) is 0 Å². The summed E-state index contributed by atoms with van der Waals surface area (Å²) < 4.78 is 0. The van der Waals surface area contributed by atoms with E-state index in [1.54, 1.807) is 11.3 Å². The maximum absolute atomic E-state index is 10.5. The minimum absolute atomic E-state index is 0.294. The Hall–Kier alpha value is -3.67. The predicted octanol–water partition coefficient (Wildman–Crippen LogP) is 7.81. The monoisotopic (exact) mass is 523 g/mol. The smallest absolute Gasteiger partial charge is 0.211 e. The number of benzene rings is 3. The number of aryl methyl sites for hydroxylation is 1. The van der Waals surface area contributed by atoms with Gasteiger partial charge in [0.15, 0.2) is 0 Å². The van der Waals surface area contributed by atoms with Crippen molar-refractivity contribution in [2.75, 3.05) is 36.4 Å². The molecule has 38 heavy (non-hydrogen) atoms. The fraction of sp³-hybridized carbons (Fsp3) is 0.242. The molecule has 1 N–H and O–H groups in total. The zero-order valence-electron chi connectivity index (χ0n) is 22.3. The lowest BCUT2D eigenvalue weighted by Crippen LogP contribution is -2.48. The Balaban J connectivity index is 0.000000232. The fourth-order valence-corrected chi connectivity index (χ4v) is 5.71.